The molecule has 546 valence electrons. The van der Waals surface area contributed by atoms with Crippen molar-refractivity contribution in [3.05, 3.63) is 120 Å². The van der Waals surface area contributed by atoms with Crippen LogP contribution in [-0.2, 0) is 52.5 Å². The standard InChI is InChI=1S/C12H11ClO4S.C12H12O6S.C11H8Cl2O3S.C11H12O4.C9H10O3.C3H4O4.CH2O2.CH4O.2CH4.Cl2OS/c1-15-7-4-6-9(5-8(7)16-2)18-11(10(6)13)12(14)17-3;1-16-8-4-7-5-11(12(13)18-3)19(14,15)10(7)6-9(8)17-2;1-15-6-3-5-8(4-7(6)16-2)17-10(9(5)12)11(13)14;1-14-9-5-3-8(4-6-11(12)13)7-10(9)15-2;1-11-8-4-3-7(6-10)5-9(8)12-2;4-2(5)1-3(6)7;2-1-3;1-2;;;1-4(2)3/h4-5H,1-3H3;4-6H,1-3H3;3-4H,1-2H3;3-7H,1-2H3,(H,12,13);3-6H,1-2H3;1H2,(H,4,5)(H,6,7);1H,(H,2,3);2H,1H3;2*1H4;/b;;;6-4+;;;;;;;. The van der Waals surface area contributed by atoms with Crippen molar-refractivity contribution in [2.24, 2.45) is 0 Å². The summed E-state index contributed by atoms with van der Waals surface area (Å²) in [6.45, 7) is -0.250. The van der Waals surface area contributed by atoms with E-state index >= 15 is 0 Å². The predicted molar refractivity (Wildman–Crippen MR) is 379 cm³/mol. The number of carbonyl (C=O) groups excluding carboxylic acids is 4. The monoisotopic (exact) mass is 1570 g/mol. The van der Waals surface area contributed by atoms with Crippen LogP contribution in [0.2, 0.25) is 10.0 Å². The van der Waals surface area contributed by atoms with Gasteiger partial charge in [-0.1, -0.05) is 44.1 Å². The van der Waals surface area contributed by atoms with Crippen molar-refractivity contribution in [3.63, 3.8) is 0 Å². The lowest BCUT2D eigenvalue weighted by atomic mass is 10.2. The maximum Gasteiger partial charge on any atom is 0.349 e. The van der Waals surface area contributed by atoms with Gasteiger partial charge in [0, 0.05) is 78.5 Å². The fraction of sp³-hybridized carbons (Fsp3) is 0.258. The molecule has 3 heterocycles. The van der Waals surface area contributed by atoms with Crippen LogP contribution in [0.25, 0.3) is 32.3 Å². The number of aliphatic hydroxyl groups is 1. The van der Waals surface area contributed by atoms with Crippen LogP contribution in [0.1, 0.15) is 62.1 Å². The molecule has 0 unspecified atom stereocenters. The number of carboxylic acid groups (broad SMARTS) is 4. The lowest BCUT2D eigenvalue weighted by Crippen LogP contribution is -2.12. The normalized spacial score (nSPS) is 10.4. The zero-order chi connectivity index (χ0) is 74.4. The maximum atomic E-state index is 12.2. The van der Waals surface area contributed by atoms with Gasteiger partial charge in [0.2, 0.25) is 19.1 Å². The molecule has 28 nitrogen and oxygen atoms in total. The maximum absolute atomic E-state index is 12.2. The number of fused-ring (bicyclic) bond motifs is 3. The average molecular weight is 1570 g/mol. The number of esters is 2. The second kappa shape index (κ2) is 48.8. The third kappa shape index (κ3) is 29.3. The lowest BCUT2D eigenvalue weighted by Gasteiger charge is -2.09. The van der Waals surface area contributed by atoms with E-state index in [1.807, 2.05) is 0 Å². The van der Waals surface area contributed by atoms with Crippen molar-refractivity contribution in [1.29, 1.82) is 0 Å². The molecule has 5 aromatic carbocycles. The topological polar surface area (TPSA) is 400 Å². The largest absolute Gasteiger partial charge is 0.493 e. The van der Waals surface area contributed by atoms with Gasteiger partial charge in [-0.2, -0.15) is 0 Å². The first kappa shape index (κ1) is 94.4. The van der Waals surface area contributed by atoms with Crippen molar-refractivity contribution in [3.8, 4) is 57.5 Å². The van der Waals surface area contributed by atoms with Gasteiger partial charge in [-0.3, -0.25) is 24.0 Å². The quantitative estimate of drug-likeness (QED) is 0.0175. The predicted octanol–water partition coefficient (Wildman–Crippen LogP) is 12.8. The van der Waals surface area contributed by atoms with E-state index in [9.17, 15) is 42.0 Å². The van der Waals surface area contributed by atoms with E-state index in [-0.39, 0.29) is 36.9 Å². The van der Waals surface area contributed by atoms with E-state index in [1.54, 1.807) is 96.2 Å². The molecule has 0 radical (unpaired) electrons. The number of hydrogen-bond acceptors (Lipinski definition) is 26. The summed E-state index contributed by atoms with van der Waals surface area (Å²) in [7, 11) is 22.1. The molecule has 8 rings (SSSR count). The number of benzene rings is 5. The van der Waals surface area contributed by atoms with E-state index in [4.69, 9.17) is 117 Å². The number of halogens is 5. The van der Waals surface area contributed by atoms with Crippen LogP contribution in [0.5, 0.6) is 57.5 Å². The molecule has 0 saturated heterocycles. The van der Waals surface area contributed by atoms with Gasteiger partial charge in [-0.15, -0.1) is 22.7 Å². The van der Waals surface area contributed by atoms with Crippen LogP contribution >= 0.6 is 78.8 Å². The van der Waals surface area contributed by atoms with Crippen LogP contribution in [0.3, 0.4) is 0 Å². The highest BCUT2D eigenvalue weighted by Crippen LogP contribution is 2.44. The van der Waals surface area contributed by atoms with Gasteiger partial charge in [0.1, 0.15) is 22.5 Å². The Labute approximate surface area is 603 Å². The molecule has 0 aliphatic carbocycles. The molecule has 1 aliphatic rings. The number of carbonyl (C=O) groups is 8. The number of rotatable bonds is 18. The Kier molecular flexibility index (Phi) is 46.5. The Hall–Kier alpha value is -8.83. The van der Waals surface area contributed by atoms with Crippen LogP contribution in [-0.4, -0.2) is 178 Å². The van der Waals surface area contributed by atoms with Gasteiger partial charge in [0.25, 0.3) is 11.7 Å². The second-order valence-corrected chi connectivity index (χ2v) is 24.3. The molecule has 2 aromatic heterocycles. The molecule has 7 aromatic rings. The summed E-state index contributed by atoms with van der Waals surface area (Å²) in [5, 5.41) is 39.4. The van der Waals surface area contributed by atoms with Crippen LogP contribution < -0.4 is 47.4 Å². The number of methoxy groups -OCH3 is 12. The molecule has 1 aliphatic heterocycles. The summed E-state index contributed by atoms with van der Waals surface area (Å²) in [4.78, 5) is 82.4. The highest BCUT2D eigenvalue weighted by molar-refractivity contribution is 8.26. The van der Waals surface area contributed by atoms with Gasteiger partial charge in [0.15, 0.2) is 62.4 Å². The number of aliphatic carboxylic acids is 3. The molecule has 0 saturated carbocycles. The zero-order valence-electron chi connectivity index (χ0n) is 53.2. The number of aldehydes is 1. The number of hydrogen-bond donors (Lipinski definition) is 5. The SMILES string of the molecule is C.C.CO.COC(=O)C1=Cc2cc(OC)c(OC)cc2S1(=O)=O.COC(=O)c1sc2cc(OC)c(OC)cc2c1Cl.COc1cc2sc(C(=O)Cl)c(Cl)c2cc1OC.COc1ccc(/C=C/C(=O)O)cc1OC.COc1ccc(C=O)cc1OC.O=C(O)CC(=O)O.O=CO.O=S(Cl)Cl. The molecule has 37 heteroatoms. The smallest absolute Gasteiger partial charge is 0.349 e. The van der Waals surface area contributed by atoms with E-state index in [0.717, 1.165) is 52.3 Å². The first-order chi connectivity index (χ1) is 45.9. The van der Waals surface area contributed by atoms with E-state index in [1.165, 1.54) is 89.6 Å². The van der Waals surface area contributed by atoms with Gasteiger partial charge < -0.3 is 82.4 Å². The van der Waals surface area contributed by atoms with Gasteiger partial charge >= 0.3 is 29.8 Å². The second-order valence-electron chi connectivity index (χ2n) is 16.7. The highest BCUT2D eigenvalue weighted by atomic mass is 36.0. The van der Waals surface area contributed by atoms with E-state index in [2.05, 4.69) is 30.8 Å². The summed E-state index contributed by atoms with van der Waals surface area (Å²) in [6.07, 6.45) is 3.78. The highest BCUT2D eigenvalue weighted by Gasteiger charge is 2.36. The minimum atomic E-state index is -3.86. The van der Waals surface area contributed by atoms with Crippen molar-refractivity contribution in [1.82, 2.24) is 0 Å². The summed E-state index contributed by atoms with van der Waals surface area (Å²) >= 11 is 20.2. The summed E-state index contributed by atoms with van der Waals surface area (Å²) in [5.74, 6) is 0.432. The minimum absolute atomic E-state index is 0. The molecule has 5 N–H and O–H groups in total. The third-order valence-corrected chi connectivity index (χ3v) is 16.6. The van der Waals surface area contributed by atoms with Crippen LogP contribution in [0, 0.1) is 0 Å². The van der Waals surface area contributed by atoms with Gasteiger partial charge in [-0.25, -0.2) is 27.0 Å². The Bertz CT molecular complexity index is 4020. The number of carboxylic acids is 3. The Morgan fingerprint density at radius 1 is 0.515 bits per heavy atom. The third-order valence-electron chi connectivity index (χ3n) is 11.3. The molecule has 0 bridgehead atoms. The molecular weight excluding hydrogens is 1500 g/mol. The summed E-state index contributed by atoms with van der Waals surface area (Å²) < 4.78 is 95.3. The van der Waals surface area contributed by atoms with Gasteiger partial charge in [-0.05, 0) is 83.4 Å². The summed E-state index contributed by atoms with van der Waals surface area (Å²) in [6, 6.07) is 20.1. The zero-order valence-corrected chi connectivity index (χ0v) is 60.2. The van der Waals surface area contributed by atoms with Crippen molar-refractivity contribution in [2.75, 3.05) is 92.4 Å². The Balaban J connectivity index is -0.00000110. The number of sulfone groups is 1. The molecular formula is C62H71Cl5O28S4. The van der Waals surface area contributed by atoms with Crippen LogP contribution in [0.4, 0.5) is 0 Å². The van der Waals surface area contributed by atoms with E-state index in [0.29, 0.717) is 82.7 Å². The molecule has 0 fully saturated rings. The van der Waals surface area contributed by atoms with Crippen molar-refractivity contribution >= 4 is 178 Å². The first-order valence-electron chi connectivity index (χ1n) is 25.7. The van der Waals surface area contributed by atoms with E-state index < -0.39 is 60.6 Å². The van der Waals surface area contributed by atoms with Gasteiger partial charge in [0.05, 0.1) is 100 Å². The fourth-order valence-electron chi connectivity index (χ4n) is 7.14. The molecule has 99 heavy (non-hydrogen) atoms. The molecule has 0 spiro atoms. The minimum Gasteiger partial charge on any atom is -0.493 e. The Morgan fingerprint density at radius 2 is 0.848 bits per heavy atom. The fourth-order valence-corrected chi connectivity index (χ4v) is 11.7. The number of aliphatic hydroxyl groups excluding tert-OH is 1. The average Bonchev–Trinajstić information content (AvgIpc) is 1.53. The molecule has 0 amide bonds. The summed E-state index contributed by atoms with van der Waals surface area (Å²) in [5.41, 5.74) is 1.70. The van der Waals surface area contributed by atoms with Crippen molar-refractivity contribution < 1.29 is 133 Å². The van der Waals surface area contributed by atoms with Crippen LogP contribution in [0.15, 0.2) is 88.7 Å². The first-order valence-corrected chi connectivity index (χ1v) is 32.7. The lowest BCUT2D eigenvalue weighted by molar-refractivity contribution is -0.147. The van der Waals surface area contributed by atoms with Crippen molar-refractivity contribution in [2.45, 2.75) is 26.2 Å². The number of ether oxygens (including phenoxy) is 12. The number of thiophene rings is 2. The molecule has 0 atom stereocenters. The Morgan fingerprint density at radius 3 is 1.19 bits per heavy atom.